The molecular weight excluding hydrogens is 451 g/mol. The van der Waals surface area contributed by atoms with Gasteiger partial charge in [-0.15, -0.1) is 0 Å². The maximum Gasteiger partial charge on any atom is 0.305 e. The van der Waals surface area contributed by atoms with E-state index in [1.807, 2.05) is 6.92 Å². The molecule has 0 aromatic rings. The summed E-state index contributed by atoms with van der Waals surface area (Å²) in [6, 6.07) is 0. The van der Waals surface area contributed by atoms with Crippen molar-refractivity contribution in [2.45, 2.75) is 78.6 Å². The molecule has 0 amide bonds. The van der Waals surface area contributed by atoms with Gasteiger partial charge in [-0.05, 0) is 36.0 Å². The number of ketones is 2. The van der Waals surface area contributed by atoms with Crippen molar-refractivity contribution in [1.82, 2.24) is 0 Å². The summed E-state index contributed by atoms with van der Waals surface area (Å²) in [6.07, 6.45) is 7.65. The van der Waals surface area contributed by atoms with Crippen molar-refractivity contribution in [1.29, 1.82) is 0 Å². The third kappa shape index (κ3) is 3.97. The van der Waals surface area contributed by atoms with E-state index in [2.05, 4.69) is 20.3 Å². The Morgan fingerprint density at radius 3 is 2.21 bits per heavy atom. The Hall–Kier alpha value is -0.0261. The summed E-state index contributed by atoms with van der Waals surface area (Å²) in [5.74, 6) is -3.31. The molecule has 7 atom stereocenters. The molecule has 0 aliphatic heterocycles. The van der Waals surface area contributed by atoms with Crippen LogP contribution in [-0.4, -0.2) is 23.8 Å². The number of hydrogen-bond acceptors (Lipinski definition) is 3. The zero-order valence-electron chi connectivity index (χ0n) is 18.0. The van der Waals surface area contributed by atoms with Crippen molar-refractivity contribution >= 4 is 17.9 Å². The van der Waals surface area contributed by atoms with Crippen LogP contribution in [0.4, 0.5) is 8.78 Å². The summed E-state index contributed by atoms with van der Waals surface area (Å²) in [4.78, 5) is 33.6. The van der Waals surface area contributed by atoms with Crippen LogP contribution < -0.4 is 0 Å². The summed E-state index contributed by atoms with van der Waals surface area (Å²) in [6.45, 7) is 7.69. The molecular formula is C23H32F2O3Y-2. The second-order valence-corrected chi connectivity index (χ2v) is 9.89. The van der Waals surface area contributed by atoms with Gasteiger partial charge in [-0.3, -0.25) is 15.9 Å². The fourth-order valence-corrected chi connectivity index (χ4v) is 7.36. The Morgan fingerprint density at radius 2 is 1.62 bits per heavy atom. The van der Waals surface area contributed by atoms with Gasteiger partial charge < -0.3 is 11.2 Å². The SMILES string of the molecule is C[C-]=O.C[CH-][C@H]1CCC2C3C(=O)C[C@@H]4CC(=O)C(F)(F)C[C@]4(C)C3CC[C@@]21C.[Y]. The van der Waals surface area contributed by atoms with Gasteiger partial charge in [0.15, 0.2) is 0 Å². The molecule has 4 rings (SSSR count). The maximum atomic E-state index is 14.3. The maximum absolute atomic E-state index is 14.3. The fourth-order valence-electron chi connectivity index (χ4n) is 7.36. The number of Topliss-reactive ketones (excluding diaryl/α,β-unsaturated/α-hetero) is 2. The summed E-state index contributed by atoms with van der Waals surface area (Å²) in [5, 5.41) is 0. The van der Waals surface area contributed by atoms with Gasteiger partial charge in [0.05, 0.1) is 0 Å². The first-order chi connectivity index (χ1) is 13.0. The molecule has 6 heteroatoms. The molecule has 3 nitrogen and oxygen atoms in total. The largest absolute Gasteiger partial charge is 0.542 e. The van der Waals surface area contributed by atoms with E-state index in [1.165, 1.54) is 13.2 Å². The van der Waals surface area contributed by atoms with Gasteiger partial charge >= 0.3 is 5.92 Å². The van der Waals surface area contributed by atoms with Gasteiger partial charge in [0.2, 0.25) is 5.78 Å². The Morgan fingerprint density at radius 1 is 1.03 bits per heavy atom. The van der Waals surface area contributed by atoms with E-state index in [0.29, 0.717) is 18.3 Å². The van der Waals surface area contributed by atoms with Crippen molar-refractivity contribution < 1.29 is 55.9 Å². The molecule has 0 saturated heterocycles. The fraction of sp³-hybridized carbons (Fsp3) is 0.826. The minimum absolute atomic E-state index is 0. The normalized spacial score (nSPS) is 45.0. The summed E-state index contributed by atoms with van der Waals surface area (Å²) >= 11 is 0. The van der Waals surface area contributed by atoms with Crippen molar-refractivity contribution in [2.24, 2.45) is 40.4 Å². The minimum atomic E-state index is -3.22. The summed E-state index contributed by atoms with van der Waals surface area (Å²) in [5.41, 5.74) is -0.437. The molecule has 4 saturated carbocycles. The Bertz CT molecular complexity index is 667. The van der Waals surface area contributed by atoms with Crippen LogP contribution >= 0.6 is 0 Å². The first-order valence-corrected chi connectivity index (χ1v) is 10.6. The Labute approximate surface area is 198 Å². The van der Waals surface area contributed by atoms with Crippen LogP contribution in [0.5, 0.6) is 0 Å². The van der Waals surface area contributed by atoms with Crippen molar-refractivity contribution in [3.63, 3.8) is 0 Å². The predicted octanol–water partition coefficient (Wildman–Crippen LogP) is 4.98. The van der Waals surface area contributed by atoms with E-state index in [1.54, 1.807) is 0 Å². The van der Waals surface area contributed by atoms with Crippen LogP contribution in [0.3, 0.4) is 0 Å². The molecule has 3 unspecified atom stereocenters. The minimum Gasteiger partial charge on any atom is -0.542 e. The summed E-state index contributed by atoms with van der Waals surface area (Å²) < 4.78 is 28.6. The molecule has 0 N–H and O–H groups in total. The van der Waals surface area contributed by atoms with Gasteiger partial charge in [-0.2, -0.15) is 28.5 Å². The van der Waals surface area contributed by atoms with Crippen molar-refractivity contribution in [3.8, 4) is 0 Å². The zero-order chi connectivity index (χ0) is 20.9. The molecule has 29 heavy (non-hydrogen) atoms. The predicted molar refractivity (Wildman–Crippen MR) is 102 cm³/mol. The molecule has 161 valence electrons. The van der Waals surface area contributed by atoms with Gasteiger partial charge in [-0.25, -0.2) is 0 Å². The number of halogens is 2. The van der Waals surface area contributed by atoms with Gasteiger partial charge in [-0.1, -0.05) is 32.1 Å². The summed E-state index contributed by atoms with van der Waals surface area (Å²) in [7, 11) is 0. The quantitative estimate of drug-likeness (QED) is 0.495. The van der Waals surface area contributed by atoms with Crippen LogP contribution in [0, 0.1) is 46.8 Å². The second-order valence-electron chi connectivity index (χ2n) is 9.89. The zero-order valence-corrected chi connectivity index (χ0v) is 20.8. The van der Waals surface area contributed by atoms with Crippen LogP contribution in [0.1, 0.15) is 72.6 Å². The van der Waals surface area contributed by atoms with Gasteiger partial charge in [0, 0.05) is 57.9 Å². The molecule has 4 fully saturated rings. The number of carbonyl (C=O) groups is 2. The average molecular weight is 483 g/mol. The number of rotatable bonds is 1. The first-order valence-electron chi connectivity index (χ1n) is 10.6. The molecule has 0 aromatic heterocycles. The Kier molecular flexibility index (Phi) is 7.70. The number of carbonyl (C=O) groups excluding carboxylic acids is 3. The number of fused-ring (bicyclic) bond motifs is 5. The van der Waals surface area contributed by atoms with Crippen LogP contribution in [-0.2, 0) is 47.1 Å². The monoisotopic (exact) mass is 483 g/mol. The molecule has 1 radical (unpaired) electrons. The van der Waals surface area contributed by atoms with E-state index >= 15 is 0 Å². The molecule has 4 aliphatic carbocycles. The van der Waals surface area contributed by atoms with Crippen molar-refractivity contribution in [2.75, 3.05) is 0 Å². The third-order valence-corrected chi connectivity index (χ3v) is 8.79. The van der Waals surface area contributed by atoms with Gasteiger partial charge in [0.25, 0.3) is 0 Å². The second kappa shape index (κ2) is 8.84. The van der Waals surface area contributed by atoms with E-state index in [0.717, 1.165) is 25.7 Å². The average Bonchev–Trinajstić information content (AvgIpc) is 2.94. The van der Waals surface area contributed by atoms with E-state index < -0.39 is 17.1 Å². The smallest absolute Gasteiger partial charge is 0.305 e. The van der Waals surface area contributed by atoms with Crippen LogP contribution in [0.2, 0.25) is 0 Å². The van der Waals surface area contributed by atoms with Crippen LogP contribution in [0.15, 0.2) is 0 Å². The standard InChI is InChI=1S/C21H29F2O2.C2H3O.Y/c1-4-12-5-6-14-18-15(7-8-19(12,14)2)20(3)11-21(22,23)17(25)10-13(20)9-16(18)24;1-2-3;/h4,12-15,18H,5-11H2,1-3H3;1H3;/q2*-1;/t12-,13+,14?,15?,18?,19+,20-;;/m0../s1. The topological polar surface area (TPSA) is 51.2 Å². The first kappa shape index (κ1) is 25.2. The molecule has 0 bridgehead atoms. The van der Waals surface area contributed by atoms with Crippen molar-refractivity contribution in [3.05, 3.63) is 6.42 Å². The number of alkyl halides is 2. The van der Waals surface area contributed by atoms with E-state index in [9.17, 15) is 18.4 Å². The van der Waals surface area contributed by atoms with E-state index in [-0.39, 0.29) is 74.5 Å². The molecule has 0 heterocycles. The Balaban J connectivity index is 0.000000708. The third-order valence-electron chi connectivity index (χ3n) is 8.79. The van der Waals surface area contributed by atoms with E-state index in [4.69, 9.17) is 4.79 Å². The molecule has 0 aromatic carbocycles. The number of hydrogen-bond donors (Lipinski definition) is 0. The van der Waals surface area contributed by atoms with Crippen LogP contribution in [0.25, 0.3) is 0 Å². The van der Waals surface area contributed by atoms with Gasteiger partial charge in [0.1, 0.15) is 5.78 Å². The molecule has 4 aliphatic rings. The molecule has 0 spiro atoms.